The number of fused-ring (bicyclic) bond motifs is 7. The molecule has 0 bridgehead atoms. The molecule has 0 spiro atoms. The highest BCUT2D eigenvalue weighted by Gasteiger charge is 2.47. The van der Waals surface area contributed by atoms with Gasteiger partial charge in [-0.3, -0.25) is 0 Å². The summed E-state index contributed by atoms with van der Waals surface area (Å²) in [6.45, 7) is 4.76. The van der Waals surface area contributed by atoms with Crippen molar-refractivity contribution >= 4 is 17.1 Å². The summed E-state index contributed by atoms with van der Waals surface area (Å²) in [5.74, 6) is 0. The molecule has 63 heavy (non-hydrogen) atoms. The predicted octanol–water partition coefficient (Wildman–Crippen LogP) is 16.0. The van der Waals surface area contributed by atoms with E-state index in [2.05, 4.69) is 231 Å². The molecule has 3 aliphatic rings. The Balaban J connectivity index is 1.13. The zero-order valence-corrected chi connectivity index (χ0v) is 36.0. The van der Waals surface area contributed by atoms with Gasteiger partial charge >= 0.3 is 0 Å². The summed E-state index contributed by atoms with van der Waals surface area (Å²) in [6, 6.07) is 80.1. The summed E-state index contributed by atoms with van der Waals surface area (Å²) in [5, 5.41) is 0. The van der Waals surface area contributed by atoms with Gasteiger partial charge in [0.15, 0.2) is 0 Å². The second-order valence-electron chi connectivity index (χ2n) is 18.3. The first-order chi connectivity index (χ1) is 31.0. The van der Waals surface area contributed by atoms with Crippen molar-refractivity contribution in [3.05, 3.63) is 257 Å². The van der Waals surface area contributed by atoms with Gasteiger partial charge in [0, 0.05) is 22.4 Å². The zero-order valence-electron chi connectivity index (χ0n) is 36.0. The third-order valence-corrected chi connectivity index (χ3v) is 14.5. The van der Waals surface area contributed by atoms with Gasteiger partial charge < -0.3 is 4.90 Å². The molecule has 0 atom stereocenters. The highest BCUT2D eigenvalue weighted by atomic mass is 15.1. The highest BCUT2D eigenvalue weighted by molar-refractivity contribution is 5.97. The first kappa shape index (κ1) is 37.5. The van der Waals surface area contributed by atoms with Crippen LogP contribution in [0.5, 0.6) is 0 Å². The lowest BCUT2D eigenvalue weighted by molar-refractivity contribution is 0.660. The number of rotatable bonds is 7. The van der Waals surface area contributed by atoms with Crippen LogP contribution in [0.25, 0.3) is 44.5 Å². The van der Waals surface area contributed by atoms with Crippen LogP contribution in [0.1, 0.15) is 71.2 Å². The third kappa shape index (κ3) is 5.83. The van der Waals surface area contributed by atoms with Gasteiger partial charge in [-0.1, -0.05) is 190 Å². The van der Waals surface area contributed by atoms with Gasteiger partial charge in [-0.25, -0.2) is 0 Å². The SMILES string of the molecule is CC1(C)c2ccccc2-c2ccc(N(c3ccccc3)c3cc4c(cc3-c3ccc(-c5ccc6c(c5)CCCC6)cc3)-c3ccccc3C4(c3ccccc3)c3ccccc3)cc21. The summed E-state index contributed by atoms with van der Waals surface area (Å²) in [5.41, 5.74) is 23.8. The number of hydrogen-bond acceptors (Lipinski definition) is 1. The standard InChI is InChI=1S/C62H49N/c1-61(2)56-28-16-14-26-51(56)53-37-36-50(39-58(53)61)63(49-24-10-5-11-25-49)60-41-59-55(40-54(60)44-33-30-43(31-34-44)46-35-32-42-18-12-13-19-45(42)38-46)52-27-15-17-29-57(52)62(59,47-20-6-3-7-21-47)48-22-8-4-9-23-48/h3-11,14-17,20-41H,12-13,18-19H2,1-2H3. The summed E-state index contributed by atoms with van der Waals surface area (Å²) in [7, 11) is 0. The fraction of sp³-hybridized carbons (Fsp3) is 0.129. The Morgan fingerprint density at radius 3 is 1.60 bits per heavy atom. The predicted molar refractivity (Wildman–Crippen MR) is 264 cm³/mol. The van der Waals surface area contributed by atoms with Crippen LogP contribution in [0.2, 0.25) is 0 Å². The van der Waals surface area contributed by atoms with Gasteiger partial charge in [0.25, 0.3) is 0 Å². The number of para-hydroxylation sites is 1. The van der Waals surface area contributed by atoms with Gasteiger partial charge in [-0.2, -0.15) is 0 Å². The number of nitrogens with zero attached hydrogens (tertiary/aromatic N) is 1. The summed E-state index contributed by atoms with van der Waals surface area (Å²) < 4.78 is 0. The van der Waals surface area contributed by atoms with Gasteiger partial charge in [0.05, 0.1) is 11.1 Å². The molecule has 1 nitrogen and oxygen atoms in total. The van der Waals surface area contributed by atoms with E-state index in [9.17, 15) is 0 Å². The molecule has 3 aliphatic carbocycles. The van der Waals surface area contributed by atoms with E-state index in [-0.39, 0.29) is 5.41 Å². The molecule has 0 amide bonds. The van der Waals surface area contributed by atoms with E-state index in [1.54, 1.807) is 0 Å². The minimum atomic E-state index is -0.540. The van der Waals surface area contributed by atoms with E-state index in [0.717, 1.165) is 17.1 Å². The molecule has 302 valence electrons. The zero-order chi connectivity index (χ0) is 42.1. The topological polar surface area (TPSA) is 3.24 Å². The molecule has 0 saturated carbocycles. The van der Waals surface area contributed by atoms with Crippen LogP contribution in [0.15, 0.2) is 212 Å². The van der Waals surface area contributed by atoms with E-state index in [1.165, 1.54) is 115 Å². The van der Waals surface area contributed by atoms with Crippen molar-refractivity contribution in [2.75, 3.05) is 4.90 Å². The first-order valence-electron chi connectivity index (χ1n) is 22.7. The molecule has 0 heterocycles. The number of anilines is 3. The Labute approximate surface area is 372 Å². The maximum atomic E-state index is 2.54. The van der Waals surface area contributed by atoms with Gasteiger partial charge in [-0.15, -0.1) is 0 Å². The molecule has 0 unspecified atom stereocenters. The molecule has 0 N–H and O–H groups in total. The molecule has 0 aliphatic heterocycles. The van der Waals surface area contributed by atoms with E-state index in [4.69, 9.17) is 0 Å². The Bertz CT molecular complexity index is 3140. The Morgan fingerprint density at radius 1 is 0.349 bits per heavy atom. The monoisotopic (exact) mass is 807 g/mol. The Morgan fingerprint density at radius 2 is 0.905 bits per heavy atom. The van der Waals surface area contributed by atoms with Gasteiger partial charge in [-0.05, 0) is 146 Å². The van der Waals surface area contributed by atoms with Gasteiger partial charge in [0.1, 0.15) is 0 Å². The molecular weight excluding hydrogens is 759 g/mol. The van der Waals surface area contributed by atoms with Gasteiger partial charge in [0.2, 0.25) is 0 Å². The molecule has 9 aromatic rings. The first-order valence-corrected chi connectivity index (χ1v) is 22.7. The average Bonchev–Trinajstić information content (AvgIpc) is 3.77. The lowest BCUT2D eigenvalue weighted by Crippen LogP contribution is -2.28. The van der Waals surface area contributed by atoms with Crippen molar-refractivity contribution in [2.24, 2.45) is 0 Å². The van der Waals surface area contributed by atoms with Crippen molar-refractivity contribution in [1.29, 1.82) is 0 Å². The largest absolute Gasteiger partial charge is 0.310 e. The molecule has 0 saturated heterocycles. The Kier molecular flexibility index (Phi) is 8.76. The molecule has 0 aromatic heterocycles. The van der Waals surface area contributed by atoms with Crippen LogP contribution in [0, 0.1) is 0 Å². The Hall–Kier alpha value is -7.22. The van der Waals surface area contributed by atoms with E-state index < -0.39 is 5.41 Å². The minimum absolute atomic E-state index is 0.144. The van der Waals surface area contributed by atoms with Crippen LogP contribution in [-0.2, 0) is 23.7 Å². The quantitative estimate of drug-likeness (QED) is 0.155. The molecule has 0 fully saturated rings. The van der Waals surface area contributed by atoms with Crippen LogP contribution in [0.3, 0.4) is 0 Å². The lowest BCUT2D eigenvalue weighted by atomic mass is 9.67. The fourth-order valence-electron chi connectivity index (χ4n) is 11.5. The molecule has 1 heteroatoms. The van der Waals surface area contributed by atoms with E-state index >= 15 is 0 Å². The van der Waals surface area contributed by atoms with Crippen LogP contribution < -0.4 is 4.90 Å². The van der Waals surface area contributed by atoms with Crippen LogP contribution in [0.4, 0.5) is 17.1 Å². The second kappa shape index (κ2) is 14.7. The van der Waals surface area contributed by atoms with E-state index in [1.807, 2.05) is 0 Å². The van der Waals surface area contributed by atoms with Crippen molar-refractivity contribution in [3.8, 4) is 44.5 Å². The van der Waals surface area contributed by atoms with Crippen molar-refractivity contribution in [2.45, 2.75) is 50.4 Å². The fourth-order valence-corrected chi connectivity index (χ4v) is 11.5. The molecule has 9 aromatic carbocycles. The number of aryl methyl sites for hydroxylation is 2. The maximum absolute atomic E-state index is 2.54. The summed E-state index contributed by atoms with van der Waals surface area (Å²) >= 11 is 0. The summed E-state index contributed by atoms with van der Waals surface area (Å²) in [4.78, 5) is 2.52. The van der Waals surface area contributed by atoms with Crippen LogP contribution >= 0.6 is 0 Å². The maximum Gasteiger partial charge on any atom is 0.0714 e. The number of benzene rings is 9. The van der Waals surface area contributed by atoms with E-state index in [0.29, 0.717) is 0 Å². The molecule has 12 rings (SSSR count). The molecule has 0 radical (unpaired) electrons. The molecular formula is C62H49N. The highest BCUT2D eigenvalue weighted by Crippen LogP contribution is 2.59. The van der Waals surface area contributed by atoms with Crippen molar-refractivity contribution < 1.29 is 0 Å². The smallest absolute Gasteiger partial charge is 0.0714 e. The second-order valence-corrected chi connectivity index (χ2v) is 18.3. The van der Waals surface area contributed by atoms with Crippen molar-refractivity contribution in [3.63, 3.8) is 0 Å². The van der Waals surface area contributed by atoms with Crippen molar-refractivity contribution in [1.82, 2.24) is 0 Å². The van der Waals surface area contributed by atoms with Crippen LogP contribution in [-0.4, -0.2) is 0 Å². The average molecular weight is 808 g/mol. The minimum Gasteiger partial charge on any atom is -0.310 e. The third-order valence-electron chi connectivity index (χ3n) is 14.5. The normalized spacial score (nSPS) is 14.8. The lowest BCUT2D eigenvalue weighted by Gasteiger charge is -2.35. The summed E-state index contributed by atoms with van der Waals surface area (Å²) in [6.07, 6.45) is 4.95. The number of hydrogen-bond donors (Lipinski definition) is 0.